The molecule has 2 aromatic carbocycles. The normalized spacial score (nSPS) is 18.0. The van der Waals surface area contributed by atoms with Gasteiger partial charge in [-0.05, 0) is 23.6 Å². The van der Waals surface area contributed by atoms with E-state index in [-0.39, 0.29) is 24.7 Å². The van der Waals surface area contributed by atoms with Crippen molar-refractivity contribution in [2.45, 2.75) is 37.9 Å². The number of hydrogen-bond donors (Lipinski definition) is 2. The van der Waals surface area contributed by atoms with Crippen molar-refractivity contribution >= 4 is 24.6 Å². The minimum absolute atomic E-state index is 0.121. The van der Waals surface area contributed by atoms with Crippen LogP contribution in [-0.2, 0) is 25.7 Å². The molecule has 2 atom stereocenters. The number of benzene rings is 2. The Hall–Kier alpha value is -4.24. The first-order valence-corrected chi connectivity index (χ1v) is 12.2. The van der Waals surface area contributed by atoms with E-state index in [4.69, 9.17) is 0 Å². The Labute approximate surface area is 215 Å². The zero-order chi connectivity index (χ0) is 26.2. The number of nitrogens with one attached hydrogen (secondary N) is 1. The number of carboxylic acids is 1. The van der Waals surface area contributed by atoms with Gasteiger partial charge in [0.25, 0.3) is 0 Å². The molecule has 1 fully saturated rings. The number of allylic oxidation sites excluding steroid dienone is 3. The molecule has 37 heavy (non-hydrogen) atoms. The lowest BCUT2D eigenvalue weighted by atomic mass is 10.0. The molecule has 1 saturated heterocycles. The summed E-state index contributed by atoms with van der Waals surface area (Å²) in [7, 11) is 0. The second kappa shape index (κ2) is 12.1. The molecule has 2 unspecified atom stereocenters. The van der Waals surface area contributed by atoms with Crippen LogP contribution in [0.4, 0.5) is 0 Å². The average Bonchev–Trinajstić information content (AvgIpc) is 3.40. The van der Waals surface area contributed by atoms with Gasteiger partial charge in [-0.15, -0.1) is 0 Å². The number of carbonyl (C=O) groups excluding carboxylic acids is 3. The van der Waals surface area contributed by atoms with Crippen LogP contribution in [0.15, 0.2) is 84.2 Å². The maximum absolute atomic E-state index is 12.6. The highest BCUT2D eigenvalue weighted by atomic mass is 16.4. The van der Waals surface area contributed by atoms with Crippen molar-refractivity contribution in [3.05, 3.63) is 95.3 Å². The van der Waals surface area contributed by atoms with Gasteiger partial charge >= 0.3 is 5.97 Å². The van der Waals surface area contributed by atoms with Crippen LogP contribution in [0.1, 0.15) is 36.4 Å². The molecule has 192 valence electrons. The minimum atomic E-state index is -0.983. The van der Waals surface area contributed by atoms with Crippen molar-refractivity contribution in [3.63, 3.8) is 0 Å². The third kappa shape index (κ3) is 6.50. The molecule has 2 aliphatic rings. The number of hydrazine groups is 1. The van der Waals surface area contributed by atoms with Gasteiger partial charge in [0.05, 0.1) is 30.6 Å². The van der Waals surface area contributed by atoms with E-state index in [1.54, 1.807) is 4.90 Å². The molecular weight excluding hydrogens is 472 g/mol. The first-order valence-electron chi connectivity index (χ1n) is 12.2. The number of carbonyl (C=O) groups is 4. The van der Waals surface area contributed by atoms with Crippen molar-refractivity contribution in [1.29, 1.82) is 0 Å². The first kappa shape index (κ1) is 25.8. The fraction of sp³-hybridized carbons (Fsp3) is 0.286. The molecule has 1 heterocycles. The Kier molecular flexibility index (Phi) is 8.48. The molecule has 2 amide bonds. The van der Waals surface area contributed by atoms with Gasteiger partial charge in [0.1, 0.15) is 0 Å². The van der Waals surface area contributed by atoms with Gasteiger partial charge in [0.15, 0.2) is 5.78 Å². The fourth-order valence-corrected chi connectivity index (χ4v) is 4.86. The van der Waals surface area contributed by atoms with E-state index >= 15 is 0 Å². The number of nitrogens with zero attached hydrogens (tertiary/aromatic N) is 3. The van der Waals surface area contributed by atoms with Crippen LogP contribution in [0, 0.1) is 0 Å². The van der Waals surface area contributed by atoms with Gasteiger partial charge in [0.2, 0.25) is 12.8 Å². The molecule has 4 rings (SSSR count). The summed E-state index contributed by atoms with van der Waals surface area (Å²) < 4.78 is 0. The average molecular weight is 503 g/mol. The van der Waals surface area contributed by atoms with E-state index in [1.165, 1.54) is 11.1 Å². The lowest BCUT2D eigenvalue weighted by Gasteiger charge is -2.33. The second-order valence-electron chi connectivity index (χ2n) is 9.11. The SMILES string of the molecule is O=CN(NCc1ccccc1)C1=CC(=O)CC(N2CCC(N(C=O)C(CC(=O)O)c3ccccc3)C2)=C1. The zero-order valence-corrected chi connectivity index (χ0v) is 20.4. The molecule has 9 nitrogen and oxygen atoms in total. The highest BCUT2D eigenvalue weighted by molar-refractivity contribution is 5.94. The molecule has 0 radical (unpaired) electrons. The molecule has 0 spiro atoms. The molecule has 1 aliphatic carbocycles. The number of hydrogen-bond acceptors (Lipinski definition) is 6. The van der Waals surface area contributed by atoms with E-state index < -0.39 is 12.0 Å². The molecule has 2 N–H and O–H groups in total. The summed E-state index contributed by atoms with van der Waals surface area (Å²) in [4.78, 5) is 51.8. The Bertz CT molecular complexity index is 1180. The summed E-state index contributed by atoms with van der Waals surface area (Å²) in [5.41, 5.74) is 6.01. The molecule has 0 saturated carbocycles. The van der Waals surface area contributed by atoms with Gasteiger partial charge in [-0.25, -0.2) is 10.4 Å². The maximum Gasteiger partial charge on any atom is 0.305 e. The van der Waals surface area contributed by atoms with Crippen LogP contribution in [0.5, 0.6) is 0 Å². The summed E-state index contributed by atoms with van der Waals surface area (Å²) in [5, 5.41) is 10.8. The van der Waals surface area contributed by atoms with Crippen LogP contribution in [0.3, 0.4) is 0 Å². The summed E-state index contributed by atoms with van der Waals surface area (Å²) in [5.74, 6) is -1.10. The van der Waals surface area contributed by atoms with Crippen molar-refractivity contribution < 1.29 is 24.3 Å². The topological polar surface area (TPSA) is 110 Å². The second-order valence-corrected chi connectivity index (χ2v) is 9.11. The third-order valence-electron chi connectivity index (χ3n) is 6.68. The summed E-state index contributed by atoms with van der Waals surface area (Å²) >= 11 is 0. The predicted molar refractivity (Wildman–Crippen MR) is 136 cm³/mol. The van der Waals surface area contributed by atoms with E-state index in [0.717, 1.165) is 23.2 Å². The standard InChI is InChI=1S/C28H30N4O5/c33-19-31(27(16-28(36)37)22-9-5-2-6-10-22)23-11-12-30(18-23)24-13-25(15-26(35)14-24)32(20-34)29-17-21-7-3-1-4-8-21/h1-10,13,15,19-20,23,27,29H,11-12,14,16-18H2,(H,36,37). The number of carboxylic acid groups (broad SMARTS) is 1. The van der Waals surface area contributed by atoms with E-state index in [0.29, 0.717) is 38.2 Å². The summed E-state index contributed by atoms with van der Waals surface area (Å²) in [6, 6.07) is 18.0. The predicted octanol–water partition coefficient (Wildman–Crippen LogP) is 2.64. The monoisotopic (exact) mass is 502 g/mol. The van der Waals surface area contributed by atoms with Crippen molar-refractivity contribution in [2.75, 3.05) is 13.1 Å². The summed E-state index contributed by atoms with van der Waals surface area (Å²) in [6.07, 6.45) is 5.25. The van der Waals surface area contributed by atoms with Gasteiger partial charge in [0, 0.05) is 31.4 Å². The fourth-order valence-electron chi connectivity index (χ4n) is 4.86. The van der Waals surface area contributed by atoms with Crippen LogP contribution in [-0.4, -0.2) is 63.6 Å². The minimum Gasteiger partial charge on any atom is -0.481 e. The Morgan fingerprint density at radius 1 is 1.05 bits per heavy atom. The van der Waals surface area contributed by atoms with E-state index in [1.807, 2.05) is 71.6 Å². The Morgan fingerprint density at radius 3 is 2.41 bits per heavy atom. The quantitative estimate of drug-likeness (QED) is 0.339. The van der Waals surface area contributed by atoms with Crippen molar-refractivity contribution in [2.24, 2.45) is 0 Å². The number of ketones is 1. The van der Waals surface area contributed by atoms with Gasteiger partial charge < -0.3 is 14.9 Å². The lowest BCUT2D eigenvalue weighted by molar-refractivity contribution is -0.139. The van der Waals surface area contributed by atoms with Gasteiger partial charge in [-0.1, -0.05) is 60.7 Å². The van der Waals surface area contributed by atoms with Gasteiger partial charge in [-0.2, -0.15) is 0 Å². The first-order chi connectivity index (χ1) is 18.0. The largest absolute Gasteiger partial charge is 0.481 e. The van der Waals surface area contributed by atoms with Crippen LogP contribution in [0.2, 0.25) is 0 Å². The van der Waals surface area contributed by atoms with Crippen molar-refractivity contribution in [1.82, 2.24) is 20.2 Å². The van der Waals surface area contributed by atoms with Crippen LogP contribution >= 0.6 is 0 Å². The Morgan fingerprint density at radius 2 is 1.76 bits per heavy atom. The number of aliphatic carboxylic acids is 1. The number of rotatable bonds is 12. The third-order valence-corrected chi connectivity index (χ3v) is 6.68. The zero-order valence-electron chi connectivity index (χ0n) is 20.4. The Balaban J connectivity index is 1.48. The smallest absolute Gasteiger partial charge is 0.305 e. The van der Waals surface area contributed by atoms with E-state index in [9.17, 15) is 24.3 Å². The molecule has 0 aromatic heterocycles. The lowest BCUT2D eigenvalue weighted by Crippen LogP contribution is -2.40. The molecular formula is C28H30N4O5. The molecule has 9 heteroatoms. The maximum atomic E-state index is 12.6. The molecule has 1 aliphatic heterocycles. The van der Waals surface area contributed by atoms with Crippen LogP contribution in [0.25, 0.3) is 0 Å². The number of likely N-dealkylation sites (tertiary alicyclic amines) is 1. The molecule has 2 aromatic rings. The highest BCUT2D eigenvalue weighted by Gasteiger charge is 2.34. The van der Waals surface area contributed by atoms with Crippen LogP contribution < -0.4 is 5.43 Å². The highest BCUT2D eigenvalue weighted by Crippen LogP contribution is 2.31. The van der Waals surface area contributed by atoms with Crippen molar-refractivity contribution in [3.8, 4) is 0 Å². The summed E-state index contributed by atoms with van der Waals surface area (Å²) in [6.45, 7) is 1.49. The number of amides is 2. The van der Waals surface area contributed by atoms with Gasteiger partial charge in [-0.3, -0.25) is 19.2 Å². The van der Waals surface area contributed by atoms with E-state index in [2.05, 4.69) is 5.43 Å². The molecule has 0 bridgehead atoms.